The summed E-state index contributed by atoms with van der Waals surface area (Å²) >= 11 is 0. The number of halogens is 1. The molecule has 2 fully saturated rings. The summed E-state index contributed by atoms with van der Waals surface area (Å²) in [6.07, 6.45) is 6.77. The molecule has 7 heteroatoms. The van der Waals surface area contributed by atoms with Crippen LogP contribution in [0.25, 0.3) is 0 Å². The summed E-state index contributed by atoms with van der Waals surface area (Å²) in [5.41, 5.74) is 7.62. The standard InChI is InChI=1S/C20H25FN6/c21-17-4-2-16(3-5-17)14-20(6-7-20)15-25-18(22)26-10-12-27(13-11-26)19-23-8-1-9-24-19/h1-5,8-9H,6-7,10-15H2,(H2,22,25). The first-order chi connectivity index (χ1) is 13.1. The van der Waals surface area contributed by atoms with Crippen molar-refractivity contribution in [3.8, 4) is 0 Å². The Balaban J connectivity index is 1.30. The molecule has 0 unspecified atom stereocenters. The Bertz CT molecular complexity index is 780. The van der Waals surface area contributed by atoms with Gasteiger partial charge >= 0.3 is 0 Å². The van der Waals surface area contributed by atoms with Gasteiger partial charge < -0.3 is 15.5 Å². The van der Waals surface area contributed by atoms with E-state index in [1.807, 2.05) is 18.2 Å². The van der Waals surface area contributed by atoms with Crippen molar-refractivity contribution in [2.45, 2.75) is 19.3 Å². The van der Waals surface area contributed by atoms with Crippen molar-refractivity contribution >= 4 is 11.9 Å². The molecule has 0 atom stereocenters. The van der Waals surface area contributed by atoms with Crippen molar-refractivity contribution in [2.75, 3.05) is 37.6 Å². The largest absolute Gasteiger partial charge is 0.370 e. The van der Waals surface area contributed by atoms with Crippen molar-refractivity contribution < 1.29 is 4.39 Å². The van der Waals surface area contributed by atoms with E-state index in [1.165, 1.54) is 17.7 Å². The molecule has 27 heavy (non-hydrogen) atoms. The second-order valence-electron chi connectivity index (χ2n) is 7.50. The van der Waals surface area contributed by atoms with Crippen molar-refractivity contribution in [3.63, 3.8) is 0 Å². The number of guanidine groups is 1. The van der Waals surface area contributed by atoms with Gasteiger partial charge in [-0.25, -0.2) is 14.4 Å². The van der Waals surface area contributed by atoms with Gasteiger partial charge in [0.1, 0.15) is 5.82 Å². The van der Waals surface area contributed by atoms with Gasteiger partial charge in [0.2, 0.25) is 5.95 Å². The lowest BCUT2D eigenvalue weighted by molar-refractivity contribution is 0.376. The van der Waals surface area contributed by atoms with Crippen molar-refractivity contribution in [3.05, 3.63) is 54.1 Å². The molecule has 2 heterocycles. The van der Waals surface area contributed by atoms with Crippen molar-refractivity contribution in [1.29, 1.82) is 0 Å². The van der Waals surface area contributed by atoms with E-state index in [9.17, 15) is 4.39 Å². The van der Waals surface area contributed by atoms with Gasteiger partial charge in [-0.2, -0.15) is 0 Å². The molecule has 1 aliphatic heterocycles. The highest BCUT2D eigenvalue weighted by atomic mass is 19.1. The van der Waals surface area contributed by atoms with Crippen LogP contribution in [-0.2, 0) is 6.42 Å². The topological polar surface area (TPSA) is 70.6 Å². The molecular weight excluding hydrogens is 343 g/mol. The van der Waals surface area contributed by atoms with E-state index >= 15 is 0 Å². The Morgan fingerprint density at radius 3 is 2.37 bits per heavy atom. The van der Waals surface area contributed by atoms with E-state index in [-0.39, 0.29) is 11.2 Å². The summed E-state index contributed by atoms with van der Waals surface area (Å²) in [4.78, 5) is 17.6. The van der Waals surface area contributed by atoms with E-state index in [2.05, 4.69) is 19.8 Å². The van der Waals surface area contributed by atoms with E-state index < -0.39 is 0 Å². The minimum atomic E-state index is -0.189. The van der Waals surface area contributed by atoms with Crippen molar-refractivity contribution in [1.82, 2.24) is 14.9 Å². The minimum Gasteiger partial charge on any atom is -0.370 e. The predicted octanol–water partition coefficient (Wildman–Crippen LogP) is 2.08. The van der Waals surface area contributed by atoms with Crippen LogP contribution in [-0.4, -0.2) is 53.6 Å². The summed E-state index contributed by atoms with van der Waals surface area (Å²) in [6.45, 7) is 4.04. The molecule has 1 saturated carbocycles. The first kappa shape index (κ1) is 17.7. The normalized spacial score (nSPS) is 19.2. The first-order valence-electron chi connectivity index (χ1n) is 9.45. The number of hydrogen-bond acceptors (Lipinski definition) is 4. The van der Waals surface area contributed by atoms with Crippen LogP contribution in [0.1, 0.15) is 18.4 Å². The van der Waals surface area contributed by atoms with E-state index in [4.69, 9.17) is 10.7 Å². The van der Waals surface area contributed by atoms with Gasteiger partial charge in [-0.3, -0.25) is 4.99 Å². The van der Waals surface area contributed by atoms with Crippen LogP contribution in [0.4, 0.5) is 10.3 Å². The number of anilines is 1. The summed E-state index contributed by atoms with van der Waals surface area (Å²) in [7, 11) is 0. The van der Waals surface area contributed by atoms with Crippen molar-refractivity contribution in [2.24, 2.45) is 16.1 Å². The molecule has 1 aliphatic carbocycles. The zero-order valence-corrected chi connectivity index (χ0v) is 15.4. The molecule has 2 aromatic rings. The lowest BCUT2D eigenvalue weighted by Crippen LogP contribution is -2.51. The highest BCUT2D eigenvalue weighted by Gasteiger charge is 2.42. The van der Waals surface area contributed by atoms with Crippen LogP contribution in [0.2, 0.25) is 0 Å². The zero-order chi connectivity index (χ0) is 18.7. The monoisotopic (exact) mass is 368 g/mol. The second-order valence-corrected chi connectivity index (χ2v) is 7.50. The maximum absolute atomic E-state index is 13.1. The summed E-state index contributed by atoms with van der Waals surface area (Å²) in [5.74, 6) is 1.20. The van der Waals surface area contributed by atoms with E-state index in [1.54, 1.807) is 12.4 Å². The molecule has 0 radical (unpaired) electrons. The summed E-state index contributed by atoms with van der Waals surface area (Å²) in [6, 6.07) is 8.61. The molecule has 0 amide bonds. The van der Waals surface area contributed by atoms with Crippen LogP contribution < -0.4 is 10.6 Å². The Hall–Kier alpha value is -2.70. The molecule has 1 aromatic heterocycles. The number of piperazine rings is 1. The molecule has 142 valence electrons. The second kappa shape index (κ2) is 7.50. The molecule has 2 aliphatic rings. The first-order valence-corrected chi connectivity index (χ1v) is 9.45. The molecular formula is C20H25FN6. The summed E-state index contributed by atoms with van der Waals surface area (Å²) < 4.78 is 13.1. The van der Waals surface area contributed by atoms with Crippen LogP contribution in [0.5, 0.6) is 0 Å². The molecule has 2 N–H and O–H groups in total. The Morgan fingerprint density at radius 2 is 1.74 bits per heavy atom. The summed E-state index contributed by atoms with van der Waals surface area (Å²) in [5, 5.41) is 0. The van der Waals surface area contributed by atoms with Gasteiger partial charge in [0.25, 0.3) is 0 Å². The number of nitrogens with two attached hydrogens (primary N) is 1. The third-order valence-electron chi connectivity index (χ3n) is 5.46. The third kappa shape index (κ3) is 4.35. The smallest absolute Gasteiger partial charge is 0.225 e. The lowest BCUT2D eigenvalue weighted by atomic mass is 9.96. The van der Waals surface area contributed by atoms with Crippen LogP contribution in [0.3, 0.4) is 0 Å². The third-order valence-corrected chi connectivity index (χ3v) is 5.46. The van der Waals surface area contributed by atoms with E-state index in [0.717, 1.165) is 57.9 Å². The average Bonchev–Trinajstić information content (AvgIpc) is 3.48. The van der Waals surface area contributed by atoms with Gasteiger partial charge in [-0.1, -0.05) is 12.1 Å². The maximum atomic E-state index is 13.1. The zero-order valence-electron chi connectivity index (χ0n) is 15.4. The van der Waals surface area contributed by atoms with Gasteiger partial charge in [0.15, 0.2) is 5.96 Å². The number of hydrogen-bond donors (Lipinski definition) is 1. The number of aromatic nitrogens is 2. The Labute approximate surface area is 158 Å². The van der Waals surface area contributed by atoms with Gasteiger partial charge in [-0.05, 0) is 48.4 Å². The highest BCUT2D eigenvalue weighted by Crippen LogP contribution is 2.48. The number of nitrogens with zero attached hydrogens (tertiary/aromatic N) is 5. The molecule has 0 spiro atoms. The van der Waals surface area contributed by atoms with Gasteiger partial charge in [0, 0.05) is 45.1 Å². The average molecular weight is 368 g/mol. The SMILES string of the molecule is NC(=NCC1(Cc2ccc(F)cc2)CC1)N1CCN(c2ncccn2)CC1. The Kier molecular flexibility index (Phi) is 4.92. The molecule has 6 nitrogen and oxygen atoms in total. The molecule has 1 aromatic carbocycles. The molecule has 0 bridgehead atoms. The lowest BCUT2D eigenvalue weighted by Gasteiger charge is -2.35. The van der Waals surface area contributed by atoms with Crippen LogP contribution >= 0.6 is 0 Å². The minimum absolute atomic E-state index is 0.189. The Morgan fingerprint density at radius 1 is 1.07 bits per heavy atom. The predicted molar refractivity (Wildman–Crippen MR) is 104 cm³/mol. The van der Waals surface area contributed by atoms with Crippen LogP contribution in [0.15, 0.2) is 47.7 Å². The fourth-order valence-electron chi connectivity index (χ4n) is 3.54. The number of rotatable bonds is 5. The molecule has 1 saturated heterocycles. The molecule has 4 rings (SSSR count). The fourth-order valence-corrected chi connectivity index (χ4v) is 3.54. The quantitative estimate of drug-likeness (QED) is 0.646. The van der Waals surface area contributed by atoms with Gasteiger partial charge in [0.05, 0.1) is 0 Å². The van der Waals surface area contributed by atoms with Gasteiger partial charge in [-0.15, -0.1) is 0 Å². The van der Waals surface area contributed by atoms with Crippen LogP contribution in [0, 0.1) is 11.2 Å². The number of aliphatic imine (C=N–C) groups is 1. The number of benzene rings is 1. The maximum Gasteiger partial charge on any atom is 0.225 e. The highest BCUT2D eigenvalue weighted by molar-refractivity contribution is 5.78. The van der Waals surface area contributed by atoms with E-state index in [0.29, 0.717) is 5.96 Å². The fraction of sp³-hybridized carbons (Fsp3) is 0.450.